The Morgan fingerprint density at radius 2 is 1.96 bits per heavy atom. The first-order chi connectivity index (χ1) is 13.2. The Labute approximate surface area is 159 Å². The van der Waals surface area contributed by atoms with Crippen LogP contribution in [0.2, 0.25) is 0 Å². The lowest BCUT2D eigenvalue weighted by Gasteiger charge is -2.13. The van der Waals surface area contributed by atoms with Gasteiger partial charge in [0.25, 0.3) is 0 Å². The number of rotatable bonds is 9. The van der Waals surface area contributed by atoms with Gasteiger partial charge in [0.15, 0.2) is 0 Å². The maximum Gasteiger partial charge on any atom is 0.243 e. The van der Waals surface area contributed by atoms with Crippen LogP contribution in [0.3, 0.4) is 0 Å². The van der Waals surface area contributed by atoms with E-state index in [0.29, 0.717) is 18.9 Å². The second kappa shape index (κ2) is 9.83. The number of hydrogen-bond acceptors (Lipinski definition) is 5. The lowest BCUT2D eigenvalue weighted by Crippen LogP contribution is -2.21. The van der Waals surface area contributed by atoms with E-state index in [1.165, 1.54) is 0 Å². The van der Waals surface area contributed by atoms with E-state index in [4.69, 9.17) is 14.2 Å². The molecular formula is C21H26N2O4. The number of benzene rings is 2. The van der Waals surface area contributed by atoms with Gasteiger partial charge in [-0.25, -0.2) is 0 Å². The number of ether oxygens (including phenoxy) is 3. The molecule has 0 aliphatic carbocycles. The van der Waals surface area contributed by atoms with Gasteiger partial charge in [0.1, 0.15) is 18.1 Å². The SMILES string of the molecule is CCOc1ccc(NCC(=O)Nc2cccc(OCC3CCCO3)c2)cc1. The summed E-state index contributed by atoms with van der Waals surface area (Å²) in [6.07, 6.45) is 2.29. The number of nitrogens with one attached hydrogen (secondary N) is 2. The van der Waals surface area contributed by atoms with Gasteiger partial charge in [0.05, 0.1) is 19.3 Å². The van der Waals surface area contributed by atoms with E-state index in [1.807, 2.05) is 55.5 Å². The molecule has 1 saturated heterocycles. The molecule has 2 aromatic carbocycles. The molecule has 1 unspecified atom stereocenters. The fourth-order valence-electron chi connectivity index (χ4n) is 2.85. The van der Waals surface area contributed by atoms with Crippen LogP contribution in [0.1, 0.15) is 19.8 Å². The van der Waals surface area contributed by atoms with Crippen LogP contribution in [-0.2, 0) is 9.53 Å². The molecule has 2 N–H and O–H groups in total. The lowest BCUT2D eigenvalue weighted by molar-refractivity contribution is -0.114. The average molecular weight is 370 g/mol. The fraction of sp³-hybridized carbons (Fsp3) is 0.381. The van der Waals surface area contributed by atoms with E-state index in [1.54, 1.807) is 0 Å². The fourth-order valence-corrected chi connectivity index (χ4v) is 2.85. The molecule has 3 rings (SSSR count). The Kier molecular flexibility index (Phi) is 6.93. The average Bonchev–Trinajstić information content (AvgIpc) is 3.20. The van der Waals surface area contributed by atoms with Crippen LogP contribution in [0.4, 0.5) is 11.4 Å². The van der Waals surface area contributed by atoms with Crippen molar-refractivity contribution < 1.29 is 19.0 Å². The van der Waals surface area contributed by atoms with Crippen molar-refractivity contribution in [2.24, 2.45) is 0 Å². The molecule has 1 fully saturated rings. The Bertz CT molecular complexity index is 727. The van der Waals surface area contributed by atoms with Crippen LogP contribution in [0.15, 0.2) is 48.5 Å². The van der Waals surface area contributed by atoms with Crippen molar-refractivity contribution in [1.82, 2.24) is 0 Å². The highest BCUT2D eigenvalue weighted by molar-refractivity contribution is 5.93. The Morgan fingerprint density at radius 3 is 2.70 bits per heavy atom. The summed E-state index contributed by atoms with van der Waals surface area (Å²) in [7, 11) is 0. The first-order valence-electron chi connectivity index (χ1n) is 9.34. The summed E-state index contributed by atoms with van der Waals surface area (Å²) in [4.78, 5) is 12.2. The standard InChI is InChI=1S/C21H26N2O4/c1-2-25-18-10-8-16(9-11-18)22-14-21(24)23-17-5-3-6-19(13-17)27-15-20-7-4-12-26-20/h3,5-6,8-11,13,20,22H,2,4,7,12,14-15H2,1H3,(H,23,24). The summed E-state index contributed by atoms with van der Waals surface area (Å²) in [5.41, 5.74) is 1.57. The maximum atomic E-state index is 12.2. The van der Waals surface area contributed by atoms with Crippen LogP contribution >= 0.6 is 0 Å². The molecule has 6 nitrogen and oxygen atoms in total. The van der Waals surface area contributed by atoms with E-state index in [0.717, 1.165) is 36.6 Å². The highest BCUT2D eigenvalue weighted by Gasteiger charge is 2.16. The maximum absolute atomic E-state index is 12.2. The second-order valence-electron chi connectivity index (χ2n) is 6.33. The van der Waals surface area contributed by atoms with E-state index in [9.17, 15) is 4.79 Å². The van der Waals surface area contributed by atoms with Gasteiger partial charge in [-0.15, -0.1) is 0 Å². The molecule has 1 aliphatic rings. The number of anilines is 2. The van der Waals surface area contributed by atoms with E-state index >= 15 is 0 Å². The van der Waals surface area contributed by atoms with Gasteiger partial charge in [-0.3, -0.25) is 4.79 Å². The number of amides is 1. The largest absolute Gasteiger partial charge is 0.494 e. The Balaban J connectivity index is 1.44. The minimum atomic E-state index is -0.125. The topological polar surface area (TPSA) is 68.8 Å². The molecule has 1 heterocycles. The van der Waals surface area contributed by atoms with Gasteiger partial charge < -0.3 is 24.8 Å². The molecule has 2 aromatic rings. The summed E-state index contributed by atoms with van der Waals surface area (Å²) in [6, 6.07) is 14.9. The minimum Gasteiger partial charge on any atom is -0.494 e. The zero-order valence-electron chi connectivity index (χ0n) is 15.6. The molecule has 0 saturated carbocycles. The van der Waals surface area contributed by atoms with Gasteiger partial charge in [-0.1, -0.05) is 6.07 Å². The van der Waals surface area contributed by atoms with Crippen molar-refractivity contribution in [3.63, 3.8) is 0 Å². The van der Waals surface area contributed by atoms with Crippen molar-refractivity contribution >= 4 is 17.3 Å². The van der Waals surface area contributed by atoms with E-state index in [2.05, 4.69) is 10.6 Å². The number of hydrogen-bond donors (Lipinski definition) is 2. The van der Waals surface area contributed by atoms with Crippen LogP contribution in [0.5, 0.6) is 11.5 Å². The van der Waals surface area contributed by atoms with Crippen molar-refractivity contribution in [3.05, 3.63) is 48.5 Å². The smallest absolute Gasteiger partial charge is 0.243 e. The van der Waals surface area contributed by atoms with Crippen molar-refractivity contribution in [3.8, 4) is 11.5 Å². The summed E-state index contributed by atoms with van der Waals surface area (Å²) in [6.45, 7) is 4.10. The van der Waals surface area contributed by atoms with Crippen LogP contribution in [0.25, 0.3) is 0 Å². The van der Waals surface area contributed by atoms with Gasteiger partial charge in [-0.2, -0.15) is 0 Å². The molecule has 0 spiro atoms. The Hall–Kier alpha value is -2.73. The third-order valence-corrected chi connectivity index (χ3v) is 4.20. The lowest BCUT2D eigenvalue weighted by atomic mass is 10.2. The molecule has 1 amide bonds. The highest BCUT2D eigenvalue weighted by Crippen LogP contribution is 2.20. The van der Waals surface area contributed by atoms with Crippen molar-refractivity contribution in [1.29, 1.82) is 0 Å². The van der Waals surface area contributed by atoms with Crippen LogP contribution in [-0.4, -0.2) is 38.4 Å². The summed E-state index contributed by atoms with van der Waals surface area (Å²) < 4.78 is 16.7. The molecule has 0 bridgehead atoms. The van der Waals surface area contributed by atoms with Crippen molar-refractivity contribution in [2.75, 3.05) is 37.0 Å². The summed E-state index contributed by atoms with van der Waals surface area (Å²) in [5, 5.41) is 5.97. The van der Waals surface area contributed by atoms with Gasteiger partial charge in [0, 0.05) is 24.0 Å². The number of carbonyl (C=O) groups is 1. The molecule has 1 aliphatic heterocycles. The zero-order valence-corrected chi connectivity index (χ0v) is 15.6. The van der Waals surface area contributed by atoms with E-state index in [-0.39, 0.29) is 18.6 Å². The first-order valence-corrected chi connectivity index (χ1v) is 9.34. The number of carbonyl (C=O) groups excluding carboxylic acids is 1. The quantitative estimate of drug-likeness (QED) is 0.704. The molecule has 1 atom stereocenters. The van der Waals surface area contributed by atoms with Crippen molar-refractivity contribution in [2.45, 2.75) is 25.9 Å². The molecule has 0 radical (unpaired) electrons. The van der Waals surface area contributed by atoms with Crippen LogP contribution < -0.4 is 20.1 Å². The van der Waals surface area contributed by atoms with Gasteiger partial charge >= 0.3 is 0 Å². The minimum absolute atomic E-state index is 0.125. The molecule has 0 aromatic heterocycles. The Morgan fingerprint density at radius 1 is 1.11 bits per heavy atom. The van der Waals surface area contributed by atoms with Crippen LogP contribution in [0, 0.1) is 0 Å². The van der Waals surface area contributed by atoms with E-state index < -0.39 is 0 Å². The second-order valence-corrected chi connectivity index (χ2v) is 6.33. The normalized spacial score (nSPS) is 16.0. The van der Waals surface area contributed by atoms with Gasteiger partial charge in [-0.05, 0) is 56.2 Å². The van der Waals surface area contributed by atoms with Gasteiger partial charge in [0.2, 0.25) is 5.91 Å². The predicted molar refractivity (Wildman–Crippen MR) is 106 cm³/mol. The first kappa shape index (κ1) is 19.0. The summed E-state index contributed by atoms with van der Waals surface area (Å²) in [5.74, 6) is 1.41. The third-order valence-electron chi connectivity index (χ3n) is 4.20. The highest BCUT2D eigenvalue weighted by atomic mass is 16.5. The molecule has 27 heavy (non-hydrogen) atoms. The monoisotopic (exact) mass is 370 g/mol. The molecular weight excluding hydrogens is 344 g/mol. The zero-order chi connectivity index (χ0) is 18.9. The summed E-state index contributed by atoms with van der Waals surface area (Å²) >= 11 is 0. The predicted octanol–water partition coefficient (Wildman–Crippen LogP) is 3.69. The molecule has 6 heteroatoms. The third kappa shape index (κ3) is 6.18. The molecule has 144 valence electrons.